The summed E-state index contributed by atoms with van der Waals surface area (Å²) in [4.78, 5) is 2.29. The van der Waals surface area contributed by atoms with Gasteiger partial charge in [0.1, 0.15) is 5.82 Å². The Morgan fingerprint density at radius 1 is 1.38 bits per heavy atom. The number of nitrogens with one attached hydrogen (secondary N) is 1. The maximum absolute atomic E-state index is 13.8. The number of aryl methyl sites for hydroxylation is 1. The predicted molar refractivity (Wildman–Crippen MR) is 67.0 cm³/mol. The summed E-state index contributed by atoms with van der Waals surface area (Å²) in [5.41, 5.74) is 1.84. The summed E-state index contributed by atoms with van der Waals surface area (Å²) in [5, 5.41) is 3.30. The Morgan fingerprint density at radius 3 is 2.69 bits per heavy atom. The Balaban J connectivity index is 2.14. The normalized spacial score (nSPS) is 17.7. The van der Waals surface area contributed by atoms with Crippen molar-refractivity contribution in [1.29, 1.82) is 0 Å². The highest BCUT2D eigenvalue weighted by Crippen LogP contribution is 2.21. The zero-order valence-corrected chi connectivity index (χ0v) is 11.0. The lowest BCUT2D eigenvalue weighted by molar-refractivity contribution is 0.230. The molecule has 1 N–H and O–H groups in total. The van der Waals surface area contributed by atoms with E-state index in [0.717, 1.165) is 41.8 Å². The molecular formula is C12H16BrFN2. The minimum atomic E-state index is -0.106. The molecule has 1 heterocycles. The molecule has 1 aromatic rings. The van der Waals surface area contributed by atoms with Crippen LogP contribution in [-0.4, -0.2) is 31.1 Å². The van der Waals surface area contributed by atoms with Gasteiger partial charge in [0.2, 0.25) is 0 Å². The fourth-order valence-electron chi connectivity index (χ4n) is 2.03. The van der Waals surface area contributed by atoms with Crippen molar-refractivity contribution in [2.45, 2.75) is 13.5 Å². The summed E-state index contributed by atoms with van der Waals surface area (Å²) in [6.07, 6.45) is 0. The molecule has 0 bridgehead atoms. The van der Waals surface area contributed by atoms with Crippen LogP contribution in [0.4, 0.5) is 4.39 Å². The van der Waals surface area contributed by atoms with E-state index in [1.54, 1.807) is 6.07 Å². The number of nitrogens with zero attached hydrogens (tertiary/aromatic N) is 1. The maximum atomic E-state index is 13.8. The third kappa shape index (κ3) is 2.81. The average molecular weight is 287 g/mol. The van der Waals surface area contributed by atoms with Crippen LogP contribution >= 0.6 is 15.9 Å². The monoisotopic (exact) mass is 286 g/mol. The lowest BCUT2D eigenvalue weighted by Crippen LogP contribution is -2.43. The highest BCUT2D eigenvalue weighted by molar-refractivity contribution is 9.10. The Morgan fingerprint density at radius 2 is 2.06 bits per heavy atom. The molecule has 1 aliphatic rings. The smallest absolute Gasteiger partial charge is 0.129 e. The zero-order valence-electron chi connectivity index (χ0n) is 9.39. The number of benzene rings is 1. The summed E-state index contributed by atoms with van der Waals surface area (Å²) in [5.74, 6) is -0.106. The van der Waals surface area contributed by atoms with E-state index >= 15 is 0 Å². The number of hydrogen-bond donors (Lipinski definition) is 1. The van der Waals surface area contributed by atoms with Crippen LogP contribution in [0.2, 0.25) is 0 Å². The first-order valence-electron chi connectivity index (χ1n) is 5.54. The van der Waals surface area contributed by atoms with E-state index in [0.29, 0.717) is 6.54 Å². The van der Waals surface area contributed by atoms with Crippen LogP contribution in [0.25, 0.3) is 0 Å². The number of halogens is 2. The van der Waals surface area contributed by atoms with Gasteiger partial charge in [-0.05, 0) is 24.6 Å². The molecule has 0 radical (unpaired) electrons. The van der Waals surface area contributed by atoms with E-state index < -0.39 is 0 Å². The summed E-state index contributed by atoms with van der Waals surface area (Å²) in [7, 11) is 0. The molecule has 0 aromatic heterocycles. The average Bonchev–Trinajstić information content (AvgIpc) is 2.25. The first-order chi connectivity index (χ1) is 7.66. The number of piperazine rings is 1. The molecule has 1 aliphatic heterocycles. The summed E-state index contributed by atoms with van der Waals surface area (Å²) >= 11 is 3.31. The van der Waals surface area contributed by atoms with Crippen molar-refractivity contribution in [3.8, 4) is 0 Å². The van der Waals surface area contributed by atoms with Gasteiger partial charge in [-0.15, -0.1) is 0 Å². The van der Waals surface area contributed by atoms with E-state index in [1.807, 2.05) is 13.0 Å². The van der Waals surface area contributed by atoms with Crippen molar-refractivity contribution in [2.75, 3.05) is 26.2 Å². The van der Waals surface area contributed by atoms with Gasteiger partial charge in [-0.3, -0.25) is 4.90 Å². The van der Waals surface area contributed by atoms with Gasteiger partial charge in [0.25, 0.3) is 0 Å². The van der Waals surface area contributed by atoms with Crippen molar-refractivity contribution in [3.63, 3.8) is 0 Å². The molecule has 1 fully saturated rings. The van der Waals surface area contributed by atoms with Gasteiger partial charge in [-0.1, -0.05) is 15.9 Å². The highest BCUT2D eigenvalue weighted by Gasteiger charge is 2.14. The van der Waals surface area contributed by atoms with E-state index in [1.165, 1.54) is 0 Å². The topological polar surface area (TPSA) is 15.3 Å². The molecule has 0 unspecified atom stereocenters. The molecule has 0 spiro atoms. The molecule has 0 aliphatic carbocycles. The third-order valence-corrected chi connectivity index (χ3v) is 3.43. The standard InChI is InChI=1S/C12H16BrFN2/c1-9-6-10(13)7-12(14)11(9)8-16-4-2-15-3-5-16/h6-7,15H,2-5,8H2,1H3. The second-order valence-electron chi connectivity index (χ2n) is 4.21. The fraction of sp³-hybridized carbons (Fsp3) is 0.500. The van der Waals surface area contributed by atoms with Crippen LogP contribution in [-0.2, 0) is 6.54 Å². The molecule has 88 valence electrons. The first kappa shape index (κ1) is 12.0. The van der Waals surface area contributed by atoms with Crippen LogP contribution in [0.15, 0.2) is 16.6 Å². The Hall–Kier alpha value is -0.450. The van der Waals surface area contributed by atoms with Crippen molar-refractivity contribution >= 4 is 15.9 Å². The van der Waals surface area contributed by atoms with Crippen LogP contribution in [0.3, 0.4) is 0 Å². The van der Waals surface area contributed by atoms with E-state index in [-0.39, 0.29) is 5.82 Å². The van der Waals surface area contributed by atoms with Crippen molar-refractivity contribution in [2.24, 2.45) is 0 Å². The molecule has 1 saturated heterocycles. The van der Waals surface area contributed by atoms with Gasteiger partial charge in [0, 0.05) is 42.8 Å². The molecule has 1 aromatic carbocycles. The maximum Gasteiger partial charge on any atom is 0.129 e. The molecule has 0 amide bonds. The zero-order chi connectivity index (χ0) is 11.5. The van der Waals surface area contributed by atoms with Gasteiger partial charge in [-0.2, -0.15) is 0 Å². The Kier molecular flexibility index (Phi) is 3.95. The van der Waals surface area contributed by atoms with Crippen LogP contribution < -0.4 is 5.32 Å². The van der Waals surface area contributed by atoms with E-state index in [4.69, 9.17) is 0 Å². The summed E-state index contributed by atoms with van der Waals surface area (Å²) < 4.78 is 14.6. The summed E-state index contributed by atoms with van der Waals surface area (Å²) in [6.45, 7) is 6.66. The first-order valence-corrected chi connectivity index (χ1v) is 6.34. The fourth-order valence-corrected chi connectivity index (χ4v) is 2.57. The van der Waals surface area contributed by atoms with Crippen LogP contribution in [0.5, 0.6) is 0 Å². The molecule has 16 heavy (non-hydrogen) atoms. The molecule has 2 rings (SSSR count). The van der Waals surface area contributed by atoms with E-state index in [9.17, 15) is 4.39 Å². The van der Waals surface area contributed by atoms with Crippen LogP contribution in [0, 0.1) is 12.7 Å². The second-order valence-corrected chi connectivity index (χ2v) is 5.12. The van der Waals surface area contributed by atoms with Gasteiger partial charge < -0.3 is 5.32 Å². The molecule has 0 saturated carbocycles. The summed E-state index contributed by atoms with van der Waals surface area (Å²) in [6, 6.07) is 3.52. The number of hydrogen-bond acceptors (Lipinski definition) is 2. The van der Waals surface area contributed by atoms with Gasteiger partial charge >= 0.3 is 0 Å². The molecule has 2 nitrogen and oxygen atoms in total. The largest absolute Gasteiger partial charge is 0.314 e. The van der Waals surface area contributed by atoms with E-state index in [2.05, 4.69) is 26.1 Å². The molecule has 4 heteroatoms. The SMILES string of the molecule is Cc1cc(Br)cc(F)c1CN1CCNCC1. The van der Waals surface area contributed by atoms with Gasteiger partial charge in [0.05, 0.1) is 0 Å². The van der Waals surface area contributed by atoms with Crippen molar-refractivity contribution < 1.29 is 4.39 Å². The molecular weight excluding hydrogens is 271 g/mol. The highest BCUT2D eigenvalue weighted by atomic mass is 79.9. The van der Waals surface area contributed by atoms with Crippen molar-refractivity contribution in [3.05, 3.63) is 33.5 Å². The van der Waals surface area contributed by atoms with Gasteiger partial charge in [0.15, 0.2) is 0 Å². The van der Waals surface area contributed by atoms with Gasteiger partial charge in [-0.25, -0.2) is 4.39 Å². The van der Waals surface area contributed by atoms with Crippen LogP contribution in [0.1, 0.15) is 11.1 Å². The molecule has 0 atom stereocenters. The predicted octanol–water partition coefficient (Wildman–Crippen LogP) is 2.30. The quantitative estimate of drug-likeness (QED) is 0.898. The third-order valence-electron chi connectivity index (χ3n) is 2.97. The minimum absolute atomic E-state index is 0.106. The lowest BCUT2D eigenvalue weighted by atomic mass is 10.1. The van der Waals surface area contributed by atoms with Crippen molar-refractivity contribution in [1.82, 2.24) is 10.2 Å². The second kappa shape index (κ2) is 5.25. The minimum Gasteiger partial charge on any atom is -0.314 e. The Bertz CT molecular complexity index is 352. The number of rotatable bonds is 2. The lowest BCUT2D eigenvalue weighted by Gasteiger charge is -2.27. The Labute approximate surface area is 104 Å².